The Morgan fingerprint density at radius 1 is 1.25 bits per heavy atom. The smallest absolute Gasteiger partial charge is 0.255 e. The minimum absolute atomic E-state index is 0.0522. The van der Waals surface area contributed by atoms with Gasteiger partial charge in [-0.3, -0.25) is 4.79 Å². The second kappa shape index (κ2) is 7.30. The predicted molar refractivity (Wildman–Crippen MR) is 83.7 cm³/mol. The maximum absolute atomic E-state index is 12.3. The van der Waals surface area contributed by atoms with Crippen molar-refractivity contribution in [1.29, 1.82) is 0 Å². The van der Waals surface area contributed by atoms with Crippen LogP contribution in [0.5, 0.6) is 0 Å². The number of benzene rings is 1. The van der Waals surface area contributed by atoms with Gasteiger partial charge in [0.25, 0.3) is 5.91 Å². The first-order valence-electron chi connectivity index (χ1n) is 7.01. The van der Waals surface area contributed by atoms with Crippen molar-refractivity contribution >= 4 is 29.1 Å². The SMILES string of the molecule is CN(CCN1CCCCC1)C(=O)c1ccc(Cl)cc1Cl. The van der Waals surface area contributed by atoms with E-state index in [1.165, 1.54) is 19.3 Å². The van der Waals surface area contributed by atoms with Gasteiger partial charge in [0, 0.05) is 25.2 Å². The number of amides is 1. The summed E-state index contributed by atoms with van der Waals surface area (Å²) in [6, 6.07) is 4.98. The molecule has 2 rings (SSSR count). The number of nitrogens with zero attached hydrogens (tertiary/aromatic N) is 2. The first-order valence-corrected chi connectivity index (χ1v) is 7.76. The lowest BCUT2D eigenvalue weighted by Gasteiger charge is -2.28. The number of rotatable bonds is 4. The Hall–Kier alpha value is -0.770. The lowest BCUT2D eigenvalue weighted by atomic mass is 10.1. The molecule has 0 aromatic heterocycles. The van der Waals surface area contributed by atoms with Gasteiger partial charge in [0.2, 0.25) is 0 Å². The van der Waals surface area contributed by atoms with E-state index in [2.05, 4.69) is 4.90 Å². The molecular formula is C15H20Cl2N2O. The van der Waals surface area contributed by atoms with Crippen LogP contribution in [0.4, 0.5) is 0 Å². The Balaban J connectivity index is 1.90. The summed E-state index contributed by atoms with van der Waals surface area (Å²) in [6.45, 7) is 3.93. The van der Waals surface area contributed by atoms with E-state index in [0.29, 0.717) is 15.6 Å². The van der Waals surface area contributed by atoms with E-state index in [4.69, 9.17) is 23.2 Å². The van der Waals surface area contributed by atoms with E-state index in [1.54, 1.807) is 23.1 Å². The highest BCUT2D eigenvalue weighted by Gasteiger charge is 2.17. The van der Waals surface area contributed by atoms with Crippen LogP contribution >= 0.6 is 23.2 Å². The molecule has 0 atom stereocenters. The van der Waals surface area contributed by atoms with Crippen molar-refractivity contribution in [2.24, 2.45) is 0 Å². The molecule has 0 unspecified atom stereocenters. The standard InChI is InChI=1S/C15H20Cl2N2O/c1-18(9-10-19-7-3-2-4-8-19)15(20)13-6-5-12(16)11-14(13)17/h5-6,11H,2-4,7-10H2,1H3. The lowest BCUT2D eigenvalue weighted by Crippen LogP contribution is -2.38. The molecule has 5 heteroatoms. The summed E-state index contributed by atoms with van der Waals surface area (Å²) < 4.78 is 0. The fourth-order valence-corrected chi connectivity index (χ4v) is 2.93. The van der Waals surface area contributed by atoms with E-state index in [-0.39, 0.29) is 5.91 Å². The van der Waals surface area contributed by atoms with E-state index in [1.807, 2.05) is 7.05 Å². The summed E-state index contributed by atoms with van der Waals surface area (Å²) in [7, 11) is 1.82. The number of halogens is 2. The zero-order chi connectivity index (χ0) is 14.5. The van der Waals surface area contributed by atoms with Crippen LogP contribution in [-0.4, -0.2) is 48.9 Å². The molecule has 0 saturated carbocycles. The Morgan fingerprint density at radius 3 is 2.60 bits per heavy atom. The minimum Gasteiger partial charge on any atom is -0.340 e. The summed E-state index contributed by atoms with van der Waals surface area (Å²) in [6.07, 6.45) is 3.85. The Kier molecular flexibility index (Phi) is 5.70. The molecule has 0 N–H and O–H groups in total. The Morgan fingerprint density at radius 2 is 1.95 bits per heavy atom. The maximum Gasteiger partial charge on any atom is 0.255 e. The predicted octanol–water partition coefficient (Wildman–Crippen LogP) is 3.55. The molecule has 1 saturated heterocycles. The fourth-order valence-electron chi connectivity index (χ4n) is 2.44. The summed E-state index contributed by atoms with van der Waals surface area (Å²) >= 11 is 11.9. The topological polar surface area (TPSA) is 23.6 Å². The lowest BCUT2D eigenvalue weighted by molar-refractivity contribution is 0.0773. The first kappa shape index (κ1) is 15.6. The van der Waals surface area contributed by atoms with Crippen molar-refractivity contribution in [3.05, 3.63) is 33.8 Å². The van der Waals surface area contributed by atoms with Crippen molar-refractivity contribution in [2.45, 2.75) is 19.3 Å². The van der Waals surface area contributed by atoms with Crippen molar-refractivity contribution in [3.63, 3.8) is 0 Å². The molecule has 0 bridgehead atoms. The fraction of sp³-hybridized carbons (Fsp3) is 0.533. The van der Waals surface area contributed by atoms with Gasteiger partial charge in [0.05, 0.1) is 10.6 Å². The minimum atomic E-state index is -0.0522. The summed E-state index contributed by atoms with van der Waals surface area (Å²) in [4.78, 5) is 16.5. The Labute approximate surface area is 130 Å². The van der Waals surface area contributed by atoms with Gasteiger partial charge in [-0.15, -0.1) is 0 Å². The van der Waals surface area contributed by atoms with Gasteiger partial charge in [-0.25, -0.2) is 0 Å². The zero-order valence-corrected chi connectivity index (χ0v) is 13.3. The maximum atomic E-state index is 12.3. The molecule has 1 amide bonds. The van der Waals surface area contributed by atoms with Crippen LogP contribution in [0.15, 0.2) is 18.2 Å². The molecule has 20 heavy (non-hydrogen) atoms. The quantitative estimate of drug-likeness (QED) is 0.848. The molecule has 3 nitrogen and oxygen atoms in total. The van der Waals surface area contributed by atoms with Crippen molar-refractivity contribution in [1.82, 2.24) is 9.80 Å². The van der Waals surface area contributed by atoms with Crippen LogP contribution in [0, 0.1) is 0 Å². The highest BCUT2D eigenvalue weighted by molar-refractivity contribution is 6.36. The van der Waals surface area contributed by atoms with E-state index in [0.717, 1.165) is 26.2 Å². The van der Waals surface area contributed by atoms with Gasteiger partial charge >= 0.3 is 0 Å². The van der Waals surface area contributed by atoms with Gasteiger partial charge in [0.1, 0.15) is 0 Å². The summed E-state index contributed by atoms with van der Waals surface area (Å²) in [5, 5.41) is 0.954. The highest BCUT2D eigenvalue weighted by Crippen LogP contribution is 2.22. The molecule has 1 aromatic rings. The third kappa shape index (κ3) is 4.11. The van der Waals surface area contributed by atoms with Gasteiger partial charge in [0.15, 0.2) is 0 Å². The number of likely N-dealkylation sites (N-methyl/N-ethyl adjacent to an activating group) is 1. The molecule has 0 spiro atoms. The van der Waals surface area contributed by atoms with Crippen LogP contribution in [0.1, 0.15) is 29.6 Å². The monoisotopic (exact) mass is 314 g/mol. The van der Waals surface area contributed by atoms with Crippen molar-refractivity contribution in [3.8, 4) is 0 Å². The molecule has 110 valence electrons. The number of carbonyl (C=O) groups is 1. The largest absolute Gasteiger partial charge is 0.340 e. The molecule has 1 fully saturated rings. The number of carbonyl (C=O) groups excluding carboxylic acids is 1. The molecule has 0 aliphatic carbocycles. The van der Waals surface area contributed by atoms with Gasteiger partial charge in [-0.2, -0.15) is 0 Å². The van der Waals surface area contributed by atoms with Crippen LogP contribution < -0.4 is 0 Å². The molecule has 1 aromatic carbocycles. The summed E-state index contributed by atoms with van der Waals surface area (Å²) in [5.41, 5.74) is 0.511. The van der Waals surface area contributed by atoms with Crippen LogP contribution in [-0.2, 0) is 0 Å². The molecular weight excluding hydrogens is 295 g/mol. The second-order valence-electron chi connectivity index (χ2n) is 5.25. The van der Waals surface area contributed by atoms with Crippen molar-refractivity contribution < 1.29 is 4.79 Å². The number of hydrogen-bond acceptors (Lipinski definition) is 2. The van der Waals surface area contributed by atoms with Crippen LogP contribution in [0.25, 0.3) is 0 Å². The third-order valence-electron chi connectivity index (χ3n) is 3.71. The Bertz CT molecular complexity index is 473. The van der Waals surface area contributed by atoms with Crippen molar-refractivity contribution in [2.75, 3.05) is 33.2 Å². The number of hydrogen-bond donors (Lipinski definition) is 0. The summed E-state index contributed by atoms with van der Waals surface area (Å²) in [5.74, 6) is -0.0522. The zero-order valence-electron chi connectivity index (χ0n) is 11.7. The molecule has 1 heterocycles. The molecule has 0 radical (unpaired) electrons. The average Bonchev–Trinajstić information content (AvgIpc) is 2.45. The molecule has 1 aliphatic heterocycles. The first-order chi connectivity index (χ1) is 9.58. The number of piperidine rings is 1. The van der Waals surface area contributed by atoms with Gasteiger partial charge in [-0.1, -0.05) is 29.6 Å². The van der Waals surface area contributed by atoms with Crippen LogP contribution in [0.2, 0.25) is 10.0 Å². The van der Waals surface area contributed by atoms with Crippen LogP contribution in [0.3, 0.4) is 0 Å². The normalized spacial score (nSPS) is 16.1. The van der Waals surface area contributed by atoms with E-state index >= 15 is 0 Å². The average molecular weight is 315 g/mol. The third-order valence-corrected chi connectivity index (χ3v) is 4.26. The second-order valence-corrected chi connectivity index (χ2v) is 6.10. The molecule has 1 aliphatic rings. The highest BCUT2D eigenvalue weighted by atomic mass is 35.5. The van der Waals surface area contributed by atoms with E-state index in [9.17, 15) is 4.79 Å². The number of likely N-dealkylation sites (tertiary alicyclic amines) is 1. The van der Waals surface area contributed by atoms with Gasteiger partial charge < -0.3 is 9.80 Å². The van der Waals surface area contributed by atoms with E-state index < -0.39 is 0 Å². The van der Waals surface area contributed by atoms with Gasteiger partial charge in [-0.05, 0) is 44.1 Å².